The van der Waals surface area contributed by atoms with E-state index < -0.39 is 0 Å². The smallest absolute Gasteiger partial charge is 0.317 e. The second-order valence-electron chi connectivity index (χ2n) is 7.70. The molecule has 0 bridgehead atoms. The number of phenols is 1. The number of benzene rings is 2. The Hall–Kier alpha value is -2.60. The van der Waals surface area contributed by atoms with Gasteiger partial charge in [0.05, 0.1) is 13.2 Å². The van der Waals surface area contributed by atoms with Crippen molar-refractivity contribution in [2.45, 2.75) is 30.8 Å². The monoisotopic (exact) mass is 384 g/mol. The van der Waals surface area contributed by atoms with Gasteiger partial charge in [-0.2, -0.15) is 0 Å². The van der Waals surface area contributed by atoms with Gasteiger partial charge in [0.1, 0.15) is 17.7 Å². The fourth-order valence-electron chi connectivity index (χ4n) is 4.09. The van der Waals surface area contributed by atoms with Crippen LogP contribution >= 0.6 is 0 Å². The van der Waals surface area contributed by atoms with Gasteiger partial charge in [-0.1, -0.05) is 30.7 Å². The molecule has 2 fully saturated rings. The van der Waals surface area contributed by atoms with Crippen LogP contribution in [0.1, 0.15) is 36.5 Å². The number of hydrogen-bond donors (Lipinski definition) is 2. The summed E-state index contributed by atoms with van der Waals surface area (Å²) >= 11 is 0. The fraction of sp³-hybridized carbons (Fsp3) is 0.409. The summed E-state index contributed by atoms with van der Waals surface area (Å²) in [6, 6.07) is 13.5. The van der Waals surface area contributed by atoms with Gasteiger partial charge in [0.15, 0.2) is 0 Å². The fourth-order valence-corrected chi connectivity index (χ4v) is 4.09. The summed E-state index contributed by atoms with van der Waals surface area (Å²) < 4.78 is 19.0. The minimum absolute atomic E-state index is 0.0970. The maximum Gasteiger partial charge on any atom is 0.317 e. The Morgan fingerprint density at radius 3 is 2.71 bits per heavy atom. The largest absolute Gasteiger partial charge is 0.508 e. The van der Waals surface area contributed by atoms with E-state index >= 15 is 0 Å². The molecule has 2 aliphatic rings. The molecule has 1 aliphatic heterocycles. The highest BCUT2D eigenvalue weighted by molar-refractivity contribution is 5.74. The van der Waals surface area contributed by atoms with Gasteiger partial charge >= 0.3 is 6.03 Å². The van der Waals surface area contributed by atoms with Crippen LogP contribution in [0.4, 0.5) is 9.18 Å². The Morgan fingerprint density at radius 2 is 2.04 bits per heavy atom. The third kappa shape index (κ3) is 3.83. The summed E-state index contributed by atoms with van der Waals surface area (Å²) in [5.41, 5.74) is 1.85. The molecule has 148 valence electrons. The Morgan fingerprint density at radius 1 is 1.25 bits per heavy atom. The number of hydrogen-bond acceptors (Lipinski definition) is 3. The van der Waals surface area contributed by atoms with Crippen molar-refractivity contribution in [1.82, 2.24) is 10.2 Å². The number of amides is 2. The Labute approximate surface area is 164 Å². The number of halogens is 1. The van der Waals surface area contributed by atoms with Crippen LogP contribution in [0.3, 0.4) is 0 Å². The van der Waals surface area contributed by atoms with Gasteiger partial charge in [0, 0.05) is 18.5 Å². The lowest BCUT2D eigenvalue weighted by atomic mass is 9.64. The maximum absolute atomic E-state index is 13.3. The van der Waals surface area contributed by atoms with E-state index in [1.807, 2.05) is 18.2 Å². The van der Waals surface area contributed by atoms with E-state index in [9.17, 15) is 14.3 Å². The first kappa shape index (κ1) is 18.7. The van der Waals surface area contributed by atoms with Gasteiger partial charge in [-0.25, -0.2) is 9.18 Å². The molecule has 1 aliphatic carbocycles. The van der Waals surface area contributed by atoms with Crippen LogP contribution in [-0.2, 0) is 10.2 Å². The number of aromatic hydroxyl groups is 1. The molecule has 2 aromatic rings. The van der Waals surface area contributed by atoms with Crippen molar-refractivity contribution in [3.63, 3.8) is 0 Å². The van der Waals surface area contributed by atoms with Crippen LogP contribution < -0.4 is 5.32 Å². The molecule has 1 heterocycles. The summed E-state index contributed by atoms with van der Waals surface area (Å²) in [6.45, 7) is 1.98. The second kappa shape index (κ2) is 7.80. The quantitative estimate of drug-likeness (QED) is 0.844. The van der Waals surface area contributed by atoms with Gasteiger partial charge in [-0.3, -0.25) is 0 Å². The summed E-state index contributed by atoms with van der Waals surface area (Å²) in [5.74, 6) is -0.0533. The van der Waals surface area contributed by atoms with E-state index in [4.69, 9.17) is 4.74 Å². The lowest BCUT2D eigenvalue weighted by Gasteiger charge is -2.43. The van der Waals surface area contributed by atoms with Crippen molar-refractivity contribution in [3.05, 3.63) is 65.5 Å². The van der Waals surface area contributed by atoms with Crippen LogP contribution in [0.2, 0.25) is 0 Å². The normalized spacial score (nSPS) is 21.0. The molecular formula is C22H25FN2O3. The number of nitrogens with zero attached hydrogens (tertiary/aromatic N) is 1. The number of carbonyl (C=O) groups excluding carboxylic acids is 1. The lowest BCUT2D eigenvalue weighted by molar-refractivity contribution is -0.0158. The van der Waals surface area contributed by atoms with E-state index in [0.717, 1.165) is 30.4 Å². The van der Waals surface area contributed by atoms with Crippen molar-refractivity contribution in [2.24, 2.45) is 0 Å². The van der Waals surface area contributed by atoms with Crippen molar-refractivity contribution < 1.29 is 19.0 Å². The summed E-state index contributed by atoms with van der Waals surface area (Å²) in [6.07, 6.45) is 2.85. The SMILES string of the molecule is O=C(NCC1(c2ccc(F)cc2)CCC1)N1CCOC(c2cccc(O)c2)C1. The van der Waals surface area contributed by atoms with Crippen molar-refractivity contribution in [3.8, 4) is 5.75 Å². The Bertz CT molecular complexity index is 836. The van der Waals surface area contributed by atoms with Gasteiger partial charge < -0.3 is 20.1 Å². The Kier molecular flexibility index (Phi) is 5.22. The zero-order valence-electron chi connectivity index (χ0n) is 15.7. The van der Waals surface area contributed by atoms with Crippen LogP contribution in [0.5, 0.6) is 5.75 Å². The third-order valence-corrected chi connectivity index (χ3v) is 5.94. The number of phenolic OH excluding ortho intramolecular Hbond substituents is 1. The number of rotatable bonds is 4. The van der Waals surface area contributed by atoms with Crippen molar-refractivity contribution >= 4 is 6.03 Å². The highest BCUT2D eigenvalue weighted by atomic mass is 19.1. The number of nitrogens with one attached hydrogen (secondary N) is 1. The Balaban J connectivity index is 1.38. The lowest BCUT2D eigenvalue weighted by Crippen LogP contribution is -2.52. The minimum atomic E-state index is -0.249. The van der Waals surface area contributed by atoms with Crippen LogP contribution in [-0.4, -0.2) is 42.3 Å². The predicted molar refractivity (Wildman–Crippen MR) is 104 cm³/mol. The molecule has 5 nitrogen and oxygen atoms in total. The minimum Gasteiger partial charge on any atom is -0.508 e. The first-order valence-corrected chi connectivity index (χ1v) is 9.75. The molecular weight excluding hydrogens is 359 g/mol. The topological polar surface area (TPSA) is 61.8 Å². The number of urea groups is 1. The van der Waals surface area contributed by atoms with Gasteiger partial charge in [-0.15, -0.1) is 0 Å². The number of ether oxygens (including phenoxy) is 1. The average Bonchev–Trinajstić information content (AvgIpc) is 2.68. The van der Waals surface area contributed by atoms with Crippen LogP contribution in [0.15, 0.2) is 48.5 Å². The zero-order valence-corrected chi connectivity index (χ0v) is 15.7. The first-order chi connectivity index (χ1) is 13.6. The van der Waals surface area contributed by atoms with Gasteiger partial charge in [0.2, 0.25) is 0 Å². The van der Waals surface area contributed by atoms with E-state index in [-0.39, 0.29) is 29.1 Å². The molecule has 4 rings (SSSR count). The highest BCUT2D eigenvalue weighted by Crippen LogP contribution is 2.43. The van der Waals surface area contributed by atoms with Gasteiger partial charge in [-0.05, 0) is 48.2 Å². The average molecular weight is 384 g/mol. The van der Waals surface area contributed by atoms with E-state index in [1.54, 1.807) is 23.1 Å². The van der Waals surface area contributed by atoms with Gasteiger partial charge in [0.25, 0.3) is 0 Å². The van der Waals surface area contributed by atoms with E-state index in [2.05, 4.69) is 5.32 Å². The number of morpholine rings is 1. The third-order valence-electron chi connectivity index (χ3n) is 5.94. The molecule has 1 saturated heterocycles. The first-order valence-electron chi connectivity index (χ1n) is 9.75. The predicted octanol–water partition coefficient (Wildman–Crippen LogP) is 3.74. The molecule has 2 aromatic carbocycles. The molecule has 0 aromatic heterocycles. The van der Waals surface area contributed by atoms with Crippen molar-refractivity contribution in [1.29, 1.82) is 0 Å². The van der Waals surface area contributed by atoms with Crippen molar-refractivity contribution in [2.75, 3.05) is 26.2 Å². The molecule has 0 spiro atoms. The molecule has 6 heteroatoms. The molecule has 1 saturated carbocycles. The molecule has 2 N–H and O–H groups in total. The summed E-state index contributed by atoms with van der Waals surface area (Å²) in [5, 5.41) is 12.8. The van der Waals surface area contributed by atoms with E-state index in [1.165, 1.54) is 12.1 Å². The molecule has 1 atom stereocenters. The molecule has 1 unspecified atom stereocenters. The summed E-state index contributed by atoms with van der Waals surface area (Å²) in [7, 11) is 0. The number of carbonyl (C=O) groups is 1. The molecule has 0 radical (unpaired) electrons. The van der Waals surface area contributed by atoms with E-state index in [0.29, 0.717) is 26.2 Å². The van der Waals surface area contributed by atoms with Crippen LogP contribution in [0, 0.1) is 5.82 Å². The second-order valence-corrected chi connectivity index (χ2v) is 7.70. The molecule has 28 heavy (non-hydrogen) atoms. The van der Waals surface area contributed by atoms with Crippen LogP contribution in [0.25, 0.3) is 0 Å². The standard InChI is InChI=1S/C22H25FN2O3/c23-18-7-5-17(6-8-18)22(9-2-10-22)15-24-21(27)25-11-12-28-20(14-25)16-3-1-4-19(26)13-16/h1,3-8,13,20,26H,2,9-12,14-15H2,(H,24,27). The zero-order chi connectivity index (χ0) is 19.6. The summed E-state index contributed by atoms with van der Waals surface area (Å²) in [4.78, 5) is 14.5. The highest BCUT2D eigenvalue weighted by Gasteiger charge is 2.39. The molecule has 2 amide bonds. The maximum atomic E-state index is 13.3.